The van der Waals surface area contributed by atoms with E-state index in [1.807, 2.05) is 0 Å². The van der Waals surface area contributed by atoms with Gasteiger partial charge in [-0.05, 0) is 24.7 Å². The summed E-state index contributed by atoms with van der Waals surface area (Å²) in [4.78, 5) is 23.7. The maximum absolute atomic E-state index is 12.1. The van der Waals surface area contributed by atoms with E-state index < -0.39 is 21.8 Å². The lowest BCUT2D eigenvalue weighted by atomic mass is 10.0. The highest BCUT2D eigenvalue weighted by Crippen LogP contribution is 2.14. The Bertz CT molecular complexity index is 502. The average molecular weight is 435 g/mol. The number of carbonyl (C=O) groups is 2. The Morgan fingerprint density at radius 1 is 0.724 bits per heavy atom. The van der Waals surface area contributed by atoms with Crippen molar-refractivity contribution in [2.45, 2.75) is 91.9 Å². The Morgan fingerprint density at radius 3 is 1.41 bits per heavy atom. The highest BCUT2D eigenvalue weighted by molar-refractivity contribution is 7.91. The van der Waals surface area contributed by atoms with Crippen LogP contribution in [0.1, 0.15) is 91.9 Å². The zero-order chi connectivity index (χ0) is 22.1. The highest BCUT2D eigenvalue weighted by atomic mass is 32.2. The van der Waals surface area contributed by atoms with Gasteiger partial charge in [0.15, 0.2) is 9.84 Å². The van der Waals surface area contributed by atoms with E-state index in [0.717, 1.165) is 51.4 Å². The Morgan fingerprint density at radius 2 is 1.10 bits per heavy atom. The van der Waals surface area contributed by atoms with Gasteiger partial charge >= 0.3 is 11.9 Å². The van der Waals surface area contributed by atoms with E-state index in [4.69, 9.17) is 9.47 Å². The van der Waals surface area contributed by atoms with Crippen molar-refractivity contribution in [1.29, 1.82) is 0 Å². The summed E-state index contributed by atoms with van der Waals surface area (Å²) in [5.74, 6) is -0.914. The van der Waals surface area contributed by atoms with E-state index in [9.17, 15) is 18.0 Å². The largest absolute Gasteiger partial charge is 0.465 e. The number of esters is 2. The minimum Gasteiger partial charge on any atom is -0.465 e. The molecule has 6 nitrogen and oxygen atoms in total. The monoisotopic (exact) mass is 434 g/mol. The molecule has 0 N–H and O–H groups in total. The van der Waals surface area contributed by atoms with Gasteiger partial charge in [0.25, 0.3) is 0 Å². The molecule has 2 atom stereocenters. The summed E-state index contributed by atoms with van der Waals surface area (Å²) >= 11 is 0. The molecule has 172 valence electrons. The first kappa shape index (κ1) is 27.9. The molecule has 0 aliphatic carbocycles. The second kappa shape index (κ2) is 16.7. The van der Waals surface area contributed by atoms with Crippen LogP contribution in [0.4, 0.5) is 0 Å². The number of rotatable bonds is 18. The van der Waals surface area contributed by atoms with Gasteiger partial charge in [0, 0.05) is 0 Å². The lowest BCUT2D eigenvalue weighted by Crippen LogP contribution is -2.21. The van der Waals surface area contributed by atoms with Crippen LogP contribution in [-0.2, 0) is 28.9 Å². The first-order valence-corrected chi connectivity index (χ1v) is 13.1. The Hall–Kier alpha value is -1.11. The third-order valence-electron chi connectivity index (χ3n) is 5.28. The highest BCUT2D eigenvalue weighted by Gasteiger charge is 2.18. The van der Waals surface area contributed by atoms with E-state index in [2.05, 4.69) is 27.7 Å². The molecule has 0 heterocycles. The molecule has 0 aromatic carbocycles. The van der Waals surface area contributed by atoms with E-state index in [1.165, 1.54) is 0 Å². The SMILES string of the molecule is CCCCC(CC)COC(=O)CCS(=O)(=O)CCC(=O)OCC(CC)CCCC. The van der Waals surface area contributed by atoms with Gasteiger partial charge in [-0.25, -0.2) is 8.42 Å². The van der Waals surface area contributed by atoms with E-state index in [1.54, 1.807) is 0 Å². The molecular formula is C22H42O6S. The molecule has 0 aliphatic rings. The summed E-state index contributed by atoms with van der Waals surface area (Å²) in [7, 11) is -3.49. The number of sulfone groups is 1. The summed E-state index contributed by atoms with van der Waals surface area (Å²) < 4.78 is 34.6. The first-order valence-electron chi connectivity index (χ1n) is 11.3. The number of hydrogen-bond acceptors (Lipinski definition) is 6. The van der Waals surface area contributed by atoms with Crippen molar-refractivity contribution in [2.24, 2.45) is 11.8 Å². The van der Waals surface area contributed by atoms with Gasteiger partial charge in [-0.3, -0.25) is 9.59 Å². The summed E-state index contributed by atoms with van der Waals surface area (Å²) in [5.41, 5.74) is 0. The van der Waals surface area contributed by atoms with Gasteiger partial charge < -0.3 is 9.47 Å². The van der Waals surface area contributed by atoms with E-state index in [0.29, 0.717) is 25.0 Å². The minimum absolute atomic E-state index is 0.170. The van der Waals surface area contributed by atoms with Crippen LogP contribution < -0.4 is 0 Å². The minimum atomic E-state index is -3.49. The van der Waals surface area contributed by atoms with Crippen LogP contribution in [0.2, 0.25) is 0 Å². The number of unbranched alkanes of at least 4 members (excludes halogenated alkanes) is 2. The summed E-state index contributed by atoms with van der Waals surface area (Å²) in [5, 5.41) is 0. The van der Waals surface area contributed by atoms with Crippen molar-refractivity contribution >= 4 is 21.8 Å². The molecule has 0 amide bonds. The van der Waals surface area contributed by atoms with Gasteiger partial charge in [0.05, 0.1) is 37.6 Å². The topological polar surface area (TPSA) is 86.7 Å². The molecule has 0 radical (unpaired) electrons. The number of hydrogen-bond donors (Lipinski definition) is 0. The van der Waals surface area contributed by atoms with Crippen LogP contribution in [0.25, 0.3) is 0 Å². The predicted octanol–water partition coefficient (Wildman–Crippen LogP) is 4.70. The molecular weight excluding hydrogens is 392 g/mol. The lowest BCUT2D eigenvalue weighted by Gasteiger charge is -2.15. The Balaban J connectivity index is 4.13. The zero-order valence-corrected chi connectivity index (χ0v) is 19.7. The van der Waals surface area contributed by atoms with Crippen LogP contribution in [0.3, 0.4) is 0 Å². The van der Waals surface area contributed by atoms with E-state index in [-0.39, 0.29) is 24.3 Å². The van der Waals surface area contributed by atoms with Crippen LogP contribution in [0.15, 0.2) is 0 Å². The average Bonchev–Trinajstić information content (AvgIpc) is 2.71. The normalized spacial score (nSPS) is 13.7. The standard InChI is InChI=1S/C22H42O6S/c1-5-9-11-19(7-3)17-27-21(23)13-15-29(25,26)16-14-22(24)28-18-20(8-4)12-10-6-2/h19-20H,5-18H2,1-4H3. The molecule has 0 bridgehead atoms. The third kappa shape index (κ3) is 15.4. The zero-order valence-electron chi connectivity index (χ0n) is 18.9. The first-order chi connectivity index (χ1) is 13.8. The maximum atomic E-state index is 12.1. The molecule has 0 saturated carbocycles. The molecule has 0 rings (SSSR count). The molecule has 2 unspecified atom stereocenters. The smallest absolute Gasteiger partial charge is 0.306 e. The molecule has 29 heavy (non-hydrogen) atoms. The van der Waals surface area contributed by atoms with Crippen LogP contribution in [0, 0.1) is 11.8 Å². The van der Waals surface area contributed by atoms with Crippen LogP contribution >= 0.6 is 0 Å². The molecule has 0 saturated heterocycles. The molecule has 0 aromatic heterocycles. The molecule has 0 aromatic rings. The van der Waals surface area contributed by atoms with Gasteiger partial charge in [-0.1, -0.05) is 66.2 Å². The number of ether oxygens (including phenoxy) is 2. The van der Waals surface area contributed by atoms with Crippen LogP contribution in [-0.4, -0.2) is 45.1 Å². The van der Waals surface area contributed by atoms with Crippen molar-refractivity contribution in [3.63, 3.8) is 0 Å². The van der Waals surface area contributed by atoms with Gasteiger partial charge in [-0.2, -0.15) is 0 Å². The fourth-order valence-corrected chi connectivity index (χ4v) is 4.10. The number of carbonyl (C=O) groups excluding carboxylic acids is 2. The fourth-order valence-electron chi connectivity index (χ4n) is 2.94. The second-order valence-electron chi connectivity index (χ2n) is 7.85. The quantitative estimate of drug-likeness (QED) is 0.291. The molecule has 7 heteroatoms. The summed E-state index contributed by atoms with van der Waals surface area (Å²) in [6.45, 7) is 9.05. The maximum Gasteiger partial charge on any atom is 0.306 e. The van der Waals surface area contributed by atoms with Crippen molar-refractivity contribution < 1.29 is 27.5 Å². The van der Waals surface area contributed by atoms with Gasteiger partial charge in [-0.15, -0.1) is 0 Å². The van der Waals surface area contributed by atoms with Crippen molar-refractivity contribution in [1.82, 2.24) is 0 Å². The summed E-state index contributed by atoms with van der Waals surface area (Å²) in [6.07, 6.45) is 7.95. The predicted molar refractivity (Wildman–Crippen MR) is 116 cm³/mol. The van der Waals surface area contributed by atoms with Crippen LogP contribution in [0.5, 0.6) is 0 Å². The van der Waals surface area contributed by atoms with Crippen molar-refractivity contribution in [2.75, 3.05) is 24.7 Å². The van der Waals surface area contributed by atoms with Crippen molar-refractivity contribution in [3.05, 3.63) is 0 Å². The van der Waals surface area contributed by atoms with Gasteiger partial charge in [0.1, 0.15) is 0 Å². The Labute approximate surface area is 178 Å². The van der Waals surface area contributed by atoms with Crippen molar-refractivity contribution in [3.8, 4) is 0 Å². The van der Waals surface area contributed by atoms with Gasteiger partial charge in [0.2, 0.25) is 0 Å². The summed E-state index contributed by atoms with van der Waals surface area (Å²) in [6, 6.07) is 0. The molecule has 0 fully saturated rings. The Kier molecular flexibility index (Phi) is 16.0. The lowest BCUT2D eigenvalue weighted by molar-refractivity contribution is -0.145. The fraction of sp³-hybridized carbons (Fsp3) is 0.909. The second-order valence-corrected chi connectivity index (χ2v) is 10.2. The van der Waals surface area contributed by atoms with E-state index >= 15 is 0 Å². The molecule has 0 spiro atoms. The molecule has 0 aliphatic heterocycles. The third-order valence-corrected chi connectivity index (χ3v) is 6.93.